The van der Waals surface area contributed by atoms with Crippen LogP contribution in [0.3, 0.4) is 0 Å². The molecule has 1 fully saturated rings. The number of likely N-dealkylation sites (tertiary alicyclic amines) is 1. The molecule has 0 amide bonds. The van der Waals surface area contributed by atoms with Crippen LogP contribution in [-0.2, 0) is 25.0 Å². The fourth-order valence-electron chi connectivity index (χ4n) is 3.69. The van der Waals surface area contributed by atoms with E-state index in [1.54, 1.807) is 13.2 Å². The maximum absolute atomic E-state index is 5.83. The molecule has 0 saturated carbocycles. The second-order valence-electron chi connectivity index (χ2n) is 9.28. The second kappa shape index (κ2) is 10.1. The molecule has 0 aliphatic carbocycles. The van der Waals surface area contributed by atoms with Gasteiger partial charge in [0.1, 0.15) is 5.76 Å². The van der Waals surface area contributed by atoms with Crippen molar-refractivity contribution in [3.05, 3.63) is 53.2 Å². The largest absolute Gasteiger partial charge is 0.443 e. The van der Waals surface area contributed by atoms with Crippen LogP contribution >= 0.6 is 0 Å². The molecule has 6 heteroatoms. The van der Waals surface area contributed by atoms with Crippen LogP contribution in [-0.4, -0.2) is 35.5 Å². The number of benzene rings is 1. The molecule has 1 aliphatic rings. The second-order valence-corrected chi connectivity index (χ2v) is 9.28. The summed E-state index contributed by atoms with van der Waals surface area (Å²) in [5, 5.41) is 6.63. The topological polar surface area (TPSA) is 65.7 Å². The van der Waals surface area contributed by atoms with Gasteiger partial charge in [-0.2, -0.15) is 0 Å². The summed E-state index contributed by atoms with van der Waals surface area (Å²) in [6, 6.07) is 9.59. The highest BCUT2D eigenvalue weighted by Gasteiger charge is 2.19. The number of rotatable bonds is 6. The minimum Gasteiger partial charge on any atom is -0.443 e. The maximum Gasteiger partial charge on any atom is 0.213 e. The summed E-state index contributed by atoms with van der Waals surface area (Å²) in [7, 11) is 1.77. The molecule has 2 aromatic rings. The highest BCUT2D eigenvalue weighted by molar-refractivity contribution is 5.79. The number of aliphatic imine (C=N–C) groups is 1. The first kappa shape index (κ1) is 22.3. The van der Waals surface area contributed by atoms with E-state index < -0.39 is 0 Å². The van der Waals surface area contributed by atoms with Crippen molar-refractivity contribution in [1.29, 1.82) is 0 Å². The van der Waals surface area contributed by atoms with E-state index in [0.717, 1.165) is 24.8 Å². The van der Waals surface area contributed by atoms with Gasteiger partial charge >= 0.3 is 0 Å². The van der Waals surface area contributed by atoms with E-state index in [4.69, 9.17) is 4.42 Å². The van der Waals surface area contributed by atoms with Crippen LogP contribution in [0, 0.1) is 0 Å². The molecule has 1 aliphatic heterocycles. The Bertz CT molecular complexity index is 819. The fourth-order valence-corrected chi connectivity index (χ4v) is 3.69. The highest BCUT2D eigenvalue weighted by atomic mass is 16.4. The number of guanidine groups is 1. The SMILES string of the molecule is CN=C(NCc1ccc(CN2CCCCC2C)cc1)NCc1ncc(C(C)(C)C)o1. The molecule has 0 radical (unpaired) electrons. The lowest BCUT2D eigenvalue weighted by atomic mass is 9.94. The first-order chi connectivity index (χ1) is 14.3. The molecule has 1 aromatic carbocycles. The van der Waals surface area contributed by atoms with Crippen LogP contribution in [0.2, 0.25) is 0 Å². The number of piperidine rings is 1. The van der Waals surface area contributed by atoms with Crippen LogP contribution in [0.4, 0.5) is 0 Å². The van der Waals surface area contributed by atoms with Gasteiger partial charge in [-0.05, 0) is 37.4 Å². The first-order valence-electron chi connectivity index (χ1n) is 11.1. The van der Waals surface area contributed by atoms with Crippen LogP contribution in [0.1, 0.15) is 69.7 Å². The standard InChI is InChI=1S/C24H37N5O/c1-18-8-6-7-13-29(18)17-20-11-9-19(10-12-20)14-27-23(25-5)28-16-22-26-15-21(30-22)24(2,3)4/h9-12,15,18H,6-8,13-14,16-17H2,1-5H3,(H2,25,27,28). The van der Waals surface area contributed by atoms with Gasteiger partial charge in [0, 0.05) is 31.6 Å². The maximum atomic E-state index is 5.83. The molecule has 1 unspecified atom stereocenters. The fraction of sp³-hybridized carbons (Fsp3) is 0.583. The van der Waals surface area contributed by atoms with Crippen molar-refractivity contribution in [3.63, 3.8) is 0 Å². The average Bonchev–Trinajstić information content (AvgIpc) is 3.21. The molecule has 30 heavy (non-hydrogen) atoms. The van der Waals surface area contributed by atoms with Crippen molar-refractivity contribution in [2.45, 2.75) is 78.0 Å². The van der Waals surface area contributed by atoms with Gasteiger partial charge in [-0.25, -0.2) is 4.98 Å². The molecule has 2 N–H and O–H groups in total. The number of hydrogen-bond acceptors (Lipinski definition) is 4. The van der Waals surface area contributed by atoms with Crippen molar-refractivity contribution in [1.82, 2.24) is 20.5 Å². The number of nitrogens with zero attached hydrogens (tertiary/aromatic N) is 3. The van der Waals surface area contributed by atoms with Crippen molar-refractivity contribution >= 4 is 5.96 Å². The van der Waals surface area contributed by atoms with Gasteiger partial charge in [0.2, 0.25) is 5.89 Å². The van der Waals surface area contributed by atoms with E-state index in [0.29, 0.717) is 18.5 Å². The summed E-state index contributed by atoms with van der Waals surface area (Å²) in [6.45, 7) is 12.2. The highest BCUT2D eigenvalue weighted by Crippen LogP contribution is 2.22. The monoisotopic (exact) mass is 411 g/mol. The van der Waals surface area contributed by atoms with Gasteiger partial charge in [0.05, 0.1) is 12.7 Å². The van der Waals surface area contributed by atoms with Crippen LogP contribution in [0.5, 0.6) is 0 Å². The van der Waals surface area contributed by atoms with E-state index in [2.05, 4.69) is 77.5 Å². The molecule has 0 bridgehead atoms. The normalized spacial score (nSPS) is 18.4. The Balaban J connectivity index is 1.46. The molecule has 1 saturated heterocycles. The van der Waals surface area contributed by atoms with E-state index in [-0.39, 0.29) is 5.41 Å². The average molecular weight is 412 g/mol. The van der Waals surface area contributed by atoms with Crippen molar-refractivity contribution in [2.75, 3.05) is 13.6 Å². The summed E-state index contributed by atoms with van der Waals surface area (Å²) < 4.78 is 5.83. The minimum atomic E-state index is -0.0383. The van der Waals surface area contributed by atoms with Crippen molar-refractivity contribution in [3.8, 4) is 0 Å². The summed E-state index contributed by atoms with van der Waals surface area (Å²) in [5.41, 5.74) is 2.58. The third-order valence-electron chi connectivity index (χ3n) is 5.73. The van der Waals surface area contributed by atoms with Crippen LogP contribution in [0.15, 0.2) is 39.9 Å². The Morgan fingerprint density at radius 1 is 1.13 bits per heavy atom. The zero-order valence-corrected chi connectivity index (χ0v) is 19.2. The van der Waals surface area contributed by atoms with E-state index >= 15 is 0 Å². The van der Waals surface area contributed by atoms with Crippen LogP contribution < -0.4 is 10.6 Å². The summed E-state index contributed by atoms with van der Waals surface area (Å²) in [5.74, 6) is 2.29. The van der Waals surface area contributed by atoms with Crippen molar-refractivity contribution in [2.24, 2.45) is 4.99 Å². The molecule has 6 nitrogen and oxygen atoms in total. The number of oxazole rings is 1. The smallest absolute Gasteiger partial charge is 0.213 e. The molecular weight excluding hydrogens is 374 g/mol. The van der Waals surface area contributed by atoms with Gasteiger partial charge in [0.25, 0.3) is 0 Å². The minimum absolute atomic E-state index is 0.0383. The summed E-state index contributed by atoms with van der Waals surface area (Å²) in [6.07, 6.45) is 5.81. The zero-order valence-electron chi connectivity index (χ0n) is 19.2. The number of hydrogen-bond donors (Lipinski definition) is 2. The lowest BCUT2D eigenvalue weighted by Gasteiger charge is -2.33. The third-order valence-corrected chi connectivity index (χ3v) is 5.73. The lowest BCUT2D eigenvalue weighted by Crippen LogP contribution is -2.37. The summed E-state index contributed by atoms with van der Waals surface area (Å²) >= 11 is 0. The van der Waals surface area contributed by atoms with Crippen LogP contribution in [0.25, 0.3) is 0 Å². The molecular formula is C24H37N5O. The Kier molecular flexibility index (Phi) is 7.53. The quantitative estimate of drug-likeness (QED) is 0.551. The van der Waals surface area contributed by atoms with E-state index in [9.17, 15) is 0 Å². The molecule has 3 rings (SSSR count). The lowest BCUT2D eigenvalue weighted by molar-refractivity contribution is 0.152. The zero-order chi connectivity index (χ0) is 21.6. The Labute approximate surface area is 181 Å². The number of nitrogens with one attached hydrogen (secondary N) is 2. The molecule has 0 spiro atoms. The molecule has 1 aromatic heterocycles. The third kappa shape index (κ3) is 6.33. The van der Waals surface area contributed by atoms with Gasteiger partial charge in [-0.15, -0.1) is 0 Å². The first-order valence-corrected chi connectivity index (χ1v) is 11.1. The van der Waals surface area contributed by atoms with E-state index in [1.807, 2.05) is 0 Å². The number of aromatic nitrogens is 1. The Morgan fingerprint density at radius 3 is 2.47 bits per heavy atom. The predicted octanol–water partition coefficient (Wildman–Crippen LogP) is 4.21. The van der Waals surface area contributed by atoms with Gasteiger partial charge < -0.3 is 15.1 Å². The van der Waals surface area contributed by atoms with Crippen molar-refractivity contribution < 1.29 is 4.42 Å². The van der Waals surface area contributed by atoms with Gasteiger partial charge in [0.15, 0.2) is 5.96 Å². The Hall–Kier alpha value is -2.34. The Morgan fingerprint density at radius 2 is 1.83 bits per heavy atom. The molecule has 2 heterocycles. The molecule has 1 atom stereocenters. The van der Waals surface area contributed by atoms with Gasteiger partial charge in [-0.3, -0.25) is 9.89 Å². The predicted molar refractivity (Wildman–Crippen MR) is 122 cm³/mol. The summed E-state index contributed by atoms with van der Waals surface area (Å²) in [4.78, 5) is 11.2. The van der Waals surface area contributed by atoms with E-state index in [1.165, 1.54) is 36.9 Å². The molecule has 164 valence electrons. The van der Waals surface area contributed by atoms with Gasteiger partial charge in [-0.1, -0.05) is 51.5 Å².